The molecule has 0 unspecified atom stereocenters. The normalized spacial score (nSPS) is 25.5. The van der Waals surface area contributed by atoms with Crippen LogP contribution >= 0.6 is 0 Å². The Bertz CT molecular complexity index is 641. The maximum atomic E-state index is 13.0. The fraction of sp³-hybridized carbons (Fsp3) is 0.579. The first kappa shape index (κ1) is 17.1. The second-order valence-corrected chi connectivity index (χ2v) is 6.96. The van der Waals surface area contributed by atoms with Crippen molar-refractivity contribution in [2.75, 3.05) is 18.1 Å². The van der Waals surface area contributed by atoms with Gasteiger partial charge in [0, 0.05) is 12.6 Å². The molecule has 0 saturated carbocycles. The molecule has 2 aliphatic heterocycles. The topological polar surface area (TPSA) is 60.9 Å². The Hall–Kier alpha value is -1.72. The molecule has 1 aromatic carbocycles. The first-order valence-electron chi connectivity index (χ1n) is 8.83. The van der Waals surface area contributed by atoms with Crippen LogP contribution in [0, 0.1) is 13.8 Å². The van der Waals surface area contributed by atoms with Crippen molar-refractivity contribution in [2.24, 2.45) is 0 Å². The largest absolute Gasteiger partial charge is 0.396 e. The molecule has 24 heavy (non-hydrogen) atoms. The van der Waals surface area contributed by atoms with Gasteiger partial charge < -0.3 is 5.11 Å². The number of anilines is 1. The molecule has 0 aliphatic carbocycles. The number of carbonyl (C=O) groups is 2. The highest BCUT2D eigenvalue weighted by atomic mass is 16.3. The van der Waals surface area contributed by atoms with Gasteiger partial charge in [-0.1, -0.05) is 12.5 Å². The molecule has 3 rings (SSSR count). The average molecular weight is 330 g/mol. The van der Waals surface area contributed by atoms with E-state index in [1.54, 1.807) is 0 Å². The molecule has 130 valence electrons. The third-order valence-corrected chi connectivity index (χ3v) is 5.41. The molecular weight excluding hydrogens is 304 g/mol. The SMILES string of the molecule is Cc1ccc(N2C(=O)C[C@H](N3CCCC[C@H]3CCO)C2=O)cc1C. The van der Waals surface area contributed by atoms with Crippen LogP contribution < -0.4 is 4.90 Å². The summed E-state index contributed by atoms with van der Waals surface area (Å²) in [5.41, 5.74) is 2.90. The second-order valence-electron chi connectivity index (χ2n) is 6.96. The highest BCUT2D eigenvalue weighted by Crippen LogP contribution is 2.31. The van der Waals surface area contributed by atoms with Gasteiger partial charge in [0.15, 0.2) is 0 Å². The molecule has 2 fully saturated rings. The van der Waals surface area contributed by atoms with E-state index in [1.165, 1.54) is 4.90 Å². The predicted octanol–water partition coefficient (Wildman–Crippen LogP) is 2.17. The van der Waals surface area contributed by atoms with E-state index >= 15 is 0 Å². The van der Waals surface area contributed by atoms with Crippen molar-refractivity contribution in [1.29, 1.82) is 0 Å². The fourth-order valence-electron chi connectivity index (χ4n) is 3.90. The minimum Gasteiger partial charge on any atom is -0.396 e. The van der Waals surface area contributed by atoms with Gasteiger partial charge in [-0.3, -0.25) is 14.5 Å². The summed E-state index contributed by atoms with van der Waals surface area (Å²) in [6, 6.07) is 5.53. The molecule has 2 amide bonds. The zero-order chi connectivity index (χ0) is 17.3. The number of piperidine rings is 1. The first-order valence-corrected chi connectivity index (χ1v) is 8.83. The molecule has 1 N–H and O–H groups in total. The summed E-state index contributed by atoms with van der Waals surface area (Å²) in [4.78, 5) is 29.0. The molecule has 1 aromatic rings. The Balaban J connectivity index is 1.84. The lowest BCUT2D eigenvalue weighted by Crippen LogP contribution is -2.50. The summed E-state index contributed by atoms with van der Waals surface area (Å²) in [6.07, 6.45) is 4.07. The number of imide groups is 1. The molecule has 2 saturated heterocycles. The molecular formula is C19H26N2O3. The van der Waals surface area contributed by atoms with Gasteiger partial charge in [0.25, 0.3) is 5.91 Å². The van der Waals surface area contributed by atoms with Crippen LogP contribution in [0.1, 0.15) is 43.2 Å². The highest BCUT2D eigenvalue weighted by Gasteiger charge is 2.44. The van der Waals surface area contributed by atoms with Crippen molar-refractivity contribution in [3.05, 3.63) is 29.3 Å². The van der Waals surface area contributed by atoms with E-state index in [4.69, 9.17) is 0 Å². The van der Waals surface area contributed by atoms with Crippen LogP contribution in [0.2, 0.25) is 0 Å². The lowest BCUT2D eigenvalue weighted by Gasteiger charge is -2.38. The van der Waals surface area contributed by atoms with Gasteiger partial charge in [-0.25, -0.2) is 4.90 Å². The lowest BCUT2D eigenvalue weighted by atomic mass is 9.97. The number of aliphatic hydroxyl groups excluding tert-OH is 1. The number of aliphatic hydroxyl groups is 1. The first-order chi connectivity index (χ1) is 11.5. The Labute approximate surface area is 143 Å². The van der Waals surface area contributed by atoms with Crippen molar-refractivity contribution in [1.82, 2.24) is 4.90 Å². The van der Waals surface area contributed by atoms with E-state index in [1.807, 2.05) is 32.0 Å². The quantitative estimate of drug-likeness (QED) is 0.860. The van der Waals surface area contributed by atoms with Gasteiger partial charge in [0.05, 0.1) is 18.2 Å². The van der Waals surface area contributed by atoms with E-state index in [0.29, 0.717) is 12.1 Å². The Morgan fingerprint density at radius 3 is 2.67 bits per heavy atom. The van der Waals surface area contributed by atoms with Gasteiger partial charge in [0.1, 0.15) is 0 Å². The molecule has 2 atom stereocenters. The van der Waals surface area contributed by atoms with Crippen LogP contribution in [0.15, 0.2) is 18.2 Å². The number of rotatable bonds is 4. The smallest absolute Gasteiger partial charge is 0.251 e. The van der Waals surface area contributed by atoms with Crippen LogP contribution in [-0.2, 0) is 9.59 Å². The molecule has 5 heteroatoms. The minimum atomic E-state index is -0.379. The fourth-order valence-corrected chi connectivity index (χ4v) is 3.90. The van der Waals surface area contributed by atoms with E-state index in [-0.39, 0.29) is 36.9 Å². The monoisotopic (exact) mass is 330 g/mol. The van der Waals surface area contributed by atoms with E-state index < -0.39 is 0 Å². The predicted molar refractivity (Wildman–Crippen MR) is 92.9 cm³/mol. The Morgan fingerprint density at radius 2 is 1.96 bits per heavy atom. The van der Waals surface area contributed by atoms with Gasteiger partial charge in [-0.05, 0) is 62.9 Å². The Kier molecular flexibility index (Phi) is 5.01. The third-order valence-electron chi connectivity index (χ3n) is 5.41. The lowest BCUT2D eigenvalue weighted by molar-refractivity contribution is -0.123. The molecule has 0 radical (unpaired) electrons. The van der Waals surface area contributed by atoms with Crippen LogP contribution in [0.25, 0.3) is 0 Å². The summed E-state index contributed by atoms with van der Waals surface area (Å²) in [6.45, 7) is 4.96. The molecule has 2 aliphatic rings. The van der Waals surface area contributed by atoms with Gasteiger partial charge in [0.2, 0.25) is 5.91 Å². The summed E-state index contributed by atoms with van der Waals surface area (Å²) in [5.74, 6) is -0.241. The third kappa shape index (κ3) is 3.10. The summed E-state index contributed by atoms with van der Waals surface area (Å²) in [7, 11) is 0. The van der Waals surface area contributed by atoms with Crippen molar-refractivity contribution in [3.8, 4) is 0 Å². The van der Waals surface area contributed by atoms with Crippen LogP contribution in [0.5, 0.6) is 0 Å². The minimum absolute atomic E-state index is 0.118. The maximum Gasteiger partial charge on any atom is 0.251 e. The number of nitrogens with zero attached hydrogens (tertiary/aromatic N) is 2. The zero-order valence-electron chi connectivity index (χ0n) is 14.5. The van der Waals surface area contributed by atoms with E-state index in [9.17, 15) is 14.7 Å². The van der Waals surface area contributed by atoms with Crippen LogP contribution in [0.4, 0.5) is 5.69 Å². The van der Waals surface area contributed by atoms with Crippen LogP contribution in [0.3, 0.4) is 0 Å². The van der Waals surface area contributed by atoms with Crippen molar-refractivity contribution in [2.45, 2.75) is 58.0 Å². The number of likely N-dealkylation sites (tertiary alicyclic amines) is 1. The highest BCUT2D eigenvalue weighted by molar-refractivity contribution is 6.22. The van der Waals surface area contributed by atoms with Gasteiger partial charge in [-0.15, -0.1) is 0 Å². The van der Waals surface area contributed by atoms with Crippen molar-refractivity contribution >= 4 is 17.5 Å². The van der Waals surface area contributed by atoms with Gasteiger partial charge in [-0.2, -0.15) is 0 Å². The van der Waals surface area contributed by atoms with Gasteiger partial charge >= 0.3 is 0 Å². The van der Waals surface area contributed by atoms with E-state index in [2.05, 4.69) is 4.90 Å². The number of hydrogen-bond acceptors (Lipinski definition) is 4. The Morgan fingerprint density at radius 1 is 1.17 bits per heavy atom. The van der Waals surface area contributed by atoms with E-state index in [0.717, 1.165) is 36.9 Å². The molecule has 2 heterocycles. The van der Waals surface area contributed by atoms with Crippen molar-refractivity contribution < 1.29 is 14.7 Å². The summed E-state index contributed by atoms with van der Waals surface area (Å²) < 4.78 is 0. The number of aryl methyl sites for hydroxylation is 2. The molecule has 0 spiro atoms. The molecule has 5 nitrogen and oxygen atoms in total. The average Bonchev–Trinajstić information content (AvgIpc) is 2.86. The number of benzene rings is 1. The second kappa shape index (κ2) is 7.03. The number of amides is 2. The number of hydrogen-bond donors (Lipinski definition) is 1. The maximum absolute atomic E-state index is 13.0. The number of carbonyl (C=O) groups excluding carboxylic acids is 2. The summed E-state index contributed by atoms with van der Waals surface area (Å²) >= 11 is 0. The van der Waals surface area contributed by atoms with Crippen molar-refractivity contribution in [3.63, 3.8) is 0 Å². The van der Waals surface area contributed by atoms with Crippen LogP contribution in [-0.4, -0.2) is 47.1 Å². The standard InChI is InChI=1S/C19H26N2O3/c1-13-6-7-16(11-14(13)2)21-18(23)12-17(19(21)24)20-9-4-3-5-15(20)8-10-22/h6-7,11,15,17,22H,3-5,8-10,12H2,1-2H3/t15-,17-/m0/s1. The molecule has 0 bridgehead atoms. The summed E-state index contributed by atoms with van der Waals surface area (Å²) in [5, 5.41) is 9.29. The zero-order valence-corrected chi connectivity index (χ0v) is 14.5. The molecule has 0 aromatic heterocycles.